The summed E-state index contributed by atoms with van der Waals surface area (Å²) in [6.07, 6.45) is 4.38. The molecule has 3 nitrogen and oxygen atoms in total. The molecule has 0 radical (unpaired) electrons. The topological polar surface area (TPSA) is 63.3 Å². The van der Waals surface area contributed by atoms with Crippen molar-refractivity contribution in [1.82, 2.24) is 0 Å². The van der Waals surface area contributed by atoms with Crippen molar-refractivity contribution in [3.05, 3.63) is 28.8 Å². The predicted octanol–water partition coefficient (Wildman–Crippen LogP) is 3.21. The molecule has 0 saturated heterocycles. The van der Waals surface area contributed by atoms with Gasteiger partial charge in [0.2, 0.25) is 0 Å². The summed E-state index contributed by atoms with van der Waals surface area (Å²) in [5, 5.41) is 10.0. The van der Waals surface area contributed by atoms with Gasteiger partial charge in [0.1, 0.15) is 0 Å². The Kier molecular flexibility index (Phi) is 3.29. The first-order chi connectivity index (χ1) is 8.06. The molecule has 0 unspecified atom stereocenters. The van der Waals surface area contributed by atoms with Crippen LogP contribution in [0.15, 0.2) is 18.2 Å². The lowest BCUT2D eigenvalue weighted by molar-refractivity contribution is -0.145. The Balaban J connectivity index is 2.45. The molecule has 2 rings (SSSR count). The van der Waals surface area contributed by atoms with Crippen LogP contribution in [0.3, 0.4) is 0 Å². The van der Waals surface area contributed by atoms with Gasteiger partial charge in [0.05, 0.1) is 16.1 Å². The highest BCUT2D eigenvalue weighted by Gasteiger charge is 2.41. The van der Waals surface area contributed by atoms with Crippen molar-refractivity contribution in [3.8, 4) is 0 Å². The van der Waals surface area contributed by atoms with Crippen LogP contribution in [0.25, 0.3) is 0 Å². The number of nitrogen functional groups attached to an aromatic ring is 1. The van der Waals surface area contributed by atoms with Crippen molar-refractivity contribution in [1.29, 1.82) is 0 Å². The zero-order valence-electron chi connectivity index (χ0n) is 9.58. The molecule has 92 valence electrons. The highest BCUT2D eigenvalue weighted by atomic mass is 35.5. The van der Waals surface area contributed by atoms with E-state index in [1.807, 2.05) is 0 Å². The number of carboxylic acid groups (broad SMARTS) is 1. The van der Waals surface area contributed by atoms with Crippen molar-refractivity contribution < 1.29 is 9.90 Å². The summed E-state index contributed by atoms with van der Waals surface area (Å²) in [6.45, 7) is 0. The summed E-state index contributed by atoms with van der Waals surface area (Å²) < 4.78 is 0. The number of aliphatic carboxylic acids is 1. The monoisotopic (exact) mass is 253 g/mol. The Bertz CT molecular complexity index is 439. The standard InChI is InChI=1S/C13H16ClNO2/c14-10-5-4-9(8-11(10)15)13(12(16)17)6-2-1-3-7-13/h4-5,8H,1-3,6-7,15H2,(H,16,17). The second kappa shape index (κ2) is 4.57. The van der Waals surface area contributed by atoms with Gasteiger partial charge >= 0.3 is 5.97 Å². The largest absolute Gasteiger partial charge is 0.481 e. The van der Waals surface area contributed by atoms with E-state index < -0.39 is 11.4 Å². The first-order valence-corrected chi connectivity index (χ1v) is 6.23. The van der Waals surface area contributed by atoms with Crippen molar-refractivity contribution in [3.63, 3.8) is 0 Å². The van der Waals surface area contributed by atoms with Crippen LogP contribution in [-0.2, 0) is 10.2 Å². The predicted molar refractivity (Wildman–Crippen MR) is 68.3 cm³/mol. The molecule has 1 aliphatic rings. The number of halogens is 1. The molecular weight excluding hydrogens is 238 g/mol. The van der Waals surface area contributed by atoms with E-state index >= 15 is 0 Å². The molecule has 0 aromatic heterocycles. The van der Waals surface area contributed by atoms with Gasteiger partial charge in [-0.05, 0) is 30.5 Å². The Morgan fingerprint density at radius 3 is 2.47 bits per heavy atom. The summed E-state index contributed by atoms with van der Waals surface area (Å²) in [5.74, 6) is -0.751. The summed E-state index contributed by atoms with van der Waals surface area (Å²) in [4.78, 5) is 11.6. The smallest absolute Gasteiger partial charge is 0.314 e. The lowest BCUT2D eigenvalue weighted by Crippen LogP contribution is -2.37. The van der Waals surface area contributed by atoms with Crippen LogP contribution in [0.5, 0.6) is 0 Å². The average Bonchev–Trinajstić information content (AvgIpc) is 2.33. The molecule has 1 aromatic rings. The van der Waals surface area contributed by atoms with E-state index in [0.29, 0.717) is 23.6 Å². The van der Waals surface area contributed by atoms with E-state index in [2.05, 4.69) is 0 Å². The Hall–Kier alpha value is -1.22. The Morgan fingerprint density at radius 1 is 1.29 bits per heavy atom. The molecule has 0 amide bonds. The van der Waals surface area contributed by atoms with Gasteiger partial charge in [-0.2, -0.15) is 0 Å². The van der Waals surface area contributed by atoms with Gasteiger partial charge in [-0.25, -0.2) is 0 Å². The molecule has 0 heterocycles. The van der Waals surface area contributed by atoms with Crippen LogP contribution in [0.1, 0.15) is 37.7 Å². The molecule has 1 aliphatic carbocycles. The van der Waals surface area contributed by atoms with Crippen LogP contribution in [0, 0.1) is 0 Å². The Morgan fingerprint density at radius 2 is 1.94 bits per heavy atom. The normalized spacial score (nSPS) is 18.9. The summed E-state index contributed by atoms with van der Waals surface area (Å²) >= 11 is 5.87. The fourth-order valence-electron chi connectivity index (χ4n) is 2.62. The Labute approximate surface area is 106 Å². The molecule has 3 N–H and O–H groups in total. The third kappa shape index (κ3) is 2.12. The zero-order valence-corrected chi connectivity index (χ0v) is 10.3. The third-order valence-electron chi connectivity index (χ3n) is 3.67. The highest BCUT2D eigenvalue weighted by molar-refractivity contribution is 6.33. The minimum absolute atomic E-state index is 0.454. The molecule has 1 saturated carbocycles. The first kappa shape index (κ1) is 12.2. The molecular formula is C13H16ClNO2. The fraction of sp³-hybridized carbons (Fsp3) is 0.462. The highest BCUT2D eigenvalue weighted by Crippen LogP contribution is 2.41. The van der Waals surface area contributed by atoms with Gasteiger partial charge in [-0.3, -0.25) is 4.79 Å². The maximum absolute atomic E-state index is 11.6. The second-order valence-corrected chi connectivity index (χ2v) is 5.09. The maximum atomic E-state index is 11.6. The van der Waals surface area contributed by atoms with Crippen molar-refractivity contribution >= 4 is 23.3 Å². The van der Waals surface area contributed by atoms with Crippen LogP contribution in [0.2, 0.25) is 5.02 Å². The number of nitrogens with two attached hydrogens (primary N) is 1. The number of carboxylic acids is 1. The molecule has 4 heteroatoms. The van der Waals surface area contributed by atoms with Gasteiger partial charge in [0.15, 0.2) is 0 Å². The SMILES string of the molecule is Nc1cc(C2(C(=O)O)CCCCC2)ccc1Cl. The summed E-state index contributed by atoms with van der Waals surface area (Å²) in [5.41, 5.74) is 6.23. The first-order valence-electron chi connectivity index (χ1n) is 5.85. The molecule has 1 aromatic carbocycles. The van der Waals surface area contributed by atoms with E-state index in [-0.39, 0.29) is 0 Å². The maximum Gasteiger partial charge on any atom is 0.314 e. The molecule has 17 heavy (non-hydrogen) atoms. The van der Waals surface area contributed by atoms with E-state index in [0.717, 1.165) is 24.8 Å². The molecule has 0 spiro atoms. The van der Waals surface area contributed by atoms with Crippen molar-refractivity contribution in [2.24, 2.45) is 0 Å². The van der Waals surface area contributed by atoms with Crippen LogP contribution in [-0.4, -0.2) is 11.1 Å². The van der Waals surface area contributed by atoms with Crippen LogP contribution in [0.4, 0.5) is 5.69 Å². The van der Waals surface area contributed by atoms with E-state index in [1.54, 1.807) is 18.2 Å². The molecule has 0 bridgehead atoms. The van der Waals surface area contributed by atoms with Crippen LogP contribution < -0.4 is 5.73 Å². The fourth-order valence-corrected chi connectivity index (χ4v) is 2.74. The van der Waals surface area contributed by atoms with E-state index in [4.69, 9.17) is 17.3 Å². The number of carbonyl (C=O) groups is 1. The third-order valence-corrected chi connectivity index (χ3v) is 4.01. The number of rotatable bonds is 2. The van der Waals surface area contributed by atoms with Gasteiger partial charge in [0.25, 0.3) is 0 Å². The molecule has 0 aliphatic heterocycles. The van der Waals surface area contributed by atoms with E-state index in [1.165, 1.54) is 0 Å². The van der Waals surface area contributed by atoms with Gasteiger partial charge in [-0.15, -0.1) is 0 Å². The zero-order chi connectivity index (χ0) is 12.5. The second-order valence-electron chi connectivity index (χ2n) is 4.68. The van der Waals surface area contributed by atoms with Crippen molar-refractivity contribution in [2.75, 3.05) is 5.73 Å². The number of hydrogen-bond donors (Lipinski definition) is 2. The quantitative estimate of drug-likeness (QED) is 0.796. The van der Waals surface area contributed by atoms with E-state index in [9.17, 15) is 9.90 Å². The minimum atomic E-state index is -0.767. The summed E-state index contributed by atoms with van der Waals surface area (Å²) in [7, 11) is 0. The number of benzene rings is 1. The molecule has 1 fully saturated rings. The van der Waals surface area contributed by atoms with Gasteiger partial charge in [-0.1, -0.05) is 36.9 Å². The average molecular weight is 254 g/mol. The van der Waals surface area contributed by atoms with Gasteiger partial charge in [0, 0.05) is 0 Å². The lowest BCUT2D eigenvalue weighted by Gasteiger charge is -2.33. The van der Waals surface area contributed by atoms with Crippen LogP contribution >= 0.6 is 11.6 Å². The van der Waals surface area contributed by atoms with Gasteiger partial charge < -0.3 is 10.8 Å². The number of anilines is 1. The molecule has 0 atom stereocenters. The summed E-state index contributed by atoms with van der Waals surface area (Å²) in [6, 6.07) is 5.19. The minimum Gasteiger partial charge on any atom is -0.481 e. The van der Waals surface area contributed by atoms with Crippen molar-refractivity contribution in [2.45, 2.75) is 37.5 Å². The lowest BCUT2D eigenvalue weighted by atomic mass is 9.69. The number of hydrogen-bond acceptors (Lipinski definition) is 2.